The number of rotatable bonds is 4. The Hall–Kier alpha value is -2.76. The molecular weight excluding hydrogens is 328 g/mol. The van der Waals surface area contributed by atoms with Crippen molar-refractivity contribution in [3.05, 3.63) is 53.5 Å². The first-order chi connectivity index (χ1) is 12.5. The molecule has 3 heterocycles. The summed E-state index contributed by atoms with van der Waals surface area (Å²) >= 11 is 0. The number of aromatic nitrogens is 2. The summed E-state index contributed by atoms with van der Waals surface area (Å²) in [5.74, 6) is 0.328. The number of anilines is 1. The van der Waals surface area contributed by atoms with Gasteiger partial charge in [-0.15, -0.1) is 0 Å². The van der Waals surface area contributed by atoms with E-state index < -0.39 is 0 Å². The van der Waals surface area contributed by atoms with Crippen LogP contribution in [0.3, 0.4) is 0 Å². The van der Waals surface area contributed by atoms with Gasteiger partial charge in [0.05, 0.1) is 12.3 Å². The Morgan fingerprint density at radius 1 is 1.19 bits per heavy atom. The molecule has 3 rings (SSSR count). The summed E-state index contributed by atoms with van der Waals surface area (Å²) in [5, 5.41) is 2.87. The van der Waals surface area contributed by atoms with Crippen LogP contribution in [0.2, 0.25) is 0 Å². The van der Waals surface area contributed by atoms with Crippen molar-refractivity contribution in [3.8, 4) is 0 Å². The van der Waals surface area contributed by atoms with Gasteiger partial charge in [0, 0.05) is 30.7 Å². The van der Waals surface area contributed by atoms with Crippen molar-refractivity contribution in [2.75, 3.05) is 18.4 Å². The summed E-state index contributed by atoms with van der Waals surface area (Å²) in [7, 11) is 0. The van der Waals surface area contributed by atoms with E-state index in [4.69, 9.17) is 0 Å². The number of aryl methyl sites for hydroxylation is 2. The van der Waals surface area contributed by atoms with Gasteiger partial charge in [0.25, 0.3) is 0 Å². The maximum atomic E-state index is 12.6. The highest BCUT2D eigenvalue weighted by atomic mass is 16.2. The number of hydrogen-bond acceptors (Lipinski definition) is 4. The lowest BCUT2D eigenvalue weighted by atomic mass is 9.96. The SMILES string of the molecule is Cc1ccc(CC(=O)N2CCCC(C(=O)Nc3cccc(C)n3)C2)cn1. The molecule has 0 radical (unpaired) electrons. The third-order valence-corrected chi connectivity index (χ3v) is 4.61. The number of carbonyl (C=O) groups excluding carboxylic acids is 2. The van der Waals surface area contributed by atoms with Crippen molar-refractivity contribution in [2.45, 2.75) is 33.1 Å². The largest absolute Gasteiger partial charge is 0.342 e. The van der Waals surface area contributed by atoms with Crippen LogP contribution in [0.15, 0.2) is 36.5 Å². The molecule has 1 unspecified atom stereocenters. The lowest BCUT2D eigenvalue weighted by molar-refractivity contribution is -0.133. The summed E-state index contributed by atoms with van der Waals surface area (Å²) < 4.78 is 0. The topological polar surface area (TPSA) is 75.2 Å². The van der Waals surface area contributed by atoms with Crippen LogP contribution in [0.1, 0.15) is 29.8 Å². The van der Waals surface area contributed by atoms with Gasteiger partial charge in [-0.25, -0.2) is 4.98 Å². The molecule has 1 fully saturated rings. The molecule has 6 heteroatoms. The van der Waals surface area contributed by atoms with E-state index in [2.05, 4.69) is 15.3 Å². The van der Waals surface area contributed by atoms with Gasteiger partial charge >= 0.3 is 0 Å². The van der Waals surface area contributed by atoms with E-state index >= 15 is 0 Å². The molecule has 2 aromatic heterocycles. The van der Waals surface area contributed by atoms with Gasteiger partial charge in [0.1, 0.15) is 5.82 Å². The summed E-state index contributed by atoms with van der Waals surface area (Å²) in [6, 6.07) is 9.36. The zero-order chi connectivity index (χ0) is 18.5. The molecule has 1 saturated heterocycles. The molecule has 0 aliphatic carbocycles. The molecule has 1 N–H and O–H groups in total. The molecule has 2 amide bonds. The third kappa shape index (κ3) is 4.65. The molecule has 1 aliphatic rings. The van der Waals surface area contributed by atoms with Crippen LogP contribution in [-0.2, 0) is 16.0 Å². The second-order valence-electron chi connectivity index (χ2n) is 6.82. The van der Waals surface area contributed by atoms with Crippen molar-refractivity contribution in [2.24, 2.45) is 5.92 Å². The monoisotopic (exact) mass is 352 g/mol. The Morgan fingerprint density at radius 2 is 2.04 bits per heavy atom. The fourth-order valence-corrected chi connectivity index (χ4v) is 3.15. The summed E-state index contributed by atoms with van der Waals surface area (Å²) in [6.07, 6.45) is 3.68. The summed E-state index contributed by atoms with van der Waals surface area (Å²) in [6.45, 7) is 4.96. The van der Waals surface area contributed by atoms with Gasteiger partial charge in [-0.05, 0) is 50.5 Å². The van der Waals surface area contributed by atoms with E-state index in [9.17, 15) is 9.59 Å². The number of carbonyl (C=O) groups is 2. The molecular formula is C20H24N4O2. The maximum absolute atomic E-state index is 12.6. The van der Waals surface area contributed by atoms with Gasteiger partial charge in [0.2, 0.25) is 11.8 Å². The van der Waals surface area contributed by atoms with Crippen molar-refractivity contribution >= 4 is 17.6 Å². The first kappa shape index (κ1) is 18.0. The predicted molar refractivity (Wildman–Crippen MR) is 99.6 cm³/mol. The number of hydrogen-bond donors (Lipinski definition) is 1. The van der Waals surface area contributed by atoms with Gasteiger partial charge in [-0.3, -0.25) is 14.6 Å². The Kier molecular flexibility index (Phi) is 5.61. The zero-order valence-corrected chi connectivity index (χ0v) is 15.2. The van der Waals surface area contributed by atoms with Crippen molar-refractivity contribution < 1.29 is 9.59 Å². The average molecular weight is 352 g/mol. The van der Waals surface area contributed by atoms with Crippen LogP contribution in [0, 0.1) is 19.8 Å². The van der Waals surface area contributed by atoms with Crippen molar-refractivity contribution in [1.82, 2.24) is 14.9 Å². The number of piperidine rings is 1. The van der Waals surface area contributed by atoms with Crippen LogP contribution in [0.4, 0.5) is 5.82 Å². The van der Waals surface area contributed by atoms with Crippen molar-refractivity contribution in [1.29, 1.82) is 0 Å². The highest BCUT2D eigenvalue weighted by Crippen LogP contribution is 2.19. The fraction of sp³-hybridized carbons (Fsp3) is 0.400. The standard InChI is InChI=1S/C20H24N4O2/c1-14-8-9-16(12-21-14)11-19(25)24-10-4-6-17(13-24)20(26)23-18-7-3-5-15(2)22-18/h3,5,7-9,12,17H,4,6,10-11,13H2,1-2H3,(H,22,23,26). The first-order valence-electron chi connectivity index (χ1n) is 8.95. The predicted octanol–water partition coefficient (Wildman–Crippen LogP) is 2.51. The van der Waals surface area contributed by atoms with E-state index in [1.807, 2.05) is 38.1 Å². The Labute approximate surface area is 153 Å². The number of nitrogens with zero attached hydrogens (tertiary/aromatic N) is 3. The second kappa shape index (κ2) is 8.08. The van der Waals surface area contributed by atoms with E-state index in [1.165, 1.54) is 0 Å². The molecule has 26 heavy (non-hydrogen) atoms. The Morgan fingerprint density at radius 3 is 2.77 bits per heavy atom. The van der Waals surface area contributed by atoms with Crippen molar-refractivity contribution in [3.63, 3.8) is 0 Å². The minimum atomic E-state index is -0.203. The van der Waals surface area contributed by atoms with Gasteiger partial charge in [-0.1, -0.05) is 12.1 Å². The number of pyridine rings is 2. The molecule has 1 aliphatic heterocycles. The van der Waals surface area contributed by atoms with Crippen LogP contribution in [0.25, 0.3) is 0 Å². The van der Waals surface area contributed by atoms with E-state index in [1.54, 1.807) is 17.2 Å². The molecule has 2 aromatic rings. The zero-order valence-electron chi connectivity index (χ0n) is 15.2. The van der Waals surface area contributed by atoms with E-state index in [0.717, 1.165) is 29.8 Å². The second-order valence-corrected chi connectivity index (χ2v) is 6.82. The van der Waals surface area contributed by atoms with E-state index in [-0.39, 0.29) is 17.7 Å². The molecule has 136 valence electrons. The minimum Gasteiger partial charge on any atom is -0.342 e. The Bertz CT molecular complexity index is 789. The quantitative estimate of drug-likeness (QED) is 0.917. The van der Waals surface area contributed by atoms with Gasteiger partial charge < -0.3 is 10.2 Å². The van der Waals surface area contributed by atoms with Crippen LogP contribution < -0.4 is 5.32 Å². The molecule has 0 aromatic carbocycles. The molecule has 6 nitrogen and oxygen atoms in total. The molecule has 0 saturated carbocycles. The molecule has 1 atom stereocenters. The lowest BCUT2D eigenvalue weighted by Gasteiger charge is -2.32. The molecule has 0 bridgehead atoms. The number of amides is 2. The number of likely N-dealkylation sites (tertiary alicyclic amines) is 1. The normalized spacial score (nSPS) is 17.0. The van der Waals surface area contributed by atoms with Crippen LogP contribution in [-0.4, -0.2) is 39.8 Å². The van der Waals surface area contributed by atoms with Gasteiger partial charge in [0.15, 0.2) is 0 Å². The fourth-order valence-electron chi connectivity index (χ4n) is 3.15. The van der Waals surface area contributed by atoms with E-state index in [0.29, 0.717) is 25.3 Å². The smallest absolute Gasteiger partial charge is 0.230 e. The summed E-state index contributed by atoms with van der Waals surface area (Å²) in [4.78, 5) is 35.4. The highest BCUT2D eigenvalue weighted by molar-refractivity contribution is 5.92. The summed E-state index contributed by atoms with van der Waals surface area (Å²) in [5.41, 5.74) is 2.69. The first-order valence-corrected chi connectivity index (χ1v) is 8.95. The maximum Gasteiger partial charge on any atom is 0.230 e. The number of nitrogens with one attached hydrogen (secondary N) is 1. The Balaban J connectivity index is 1.58. The molecule has 0 spiro atoms. The average Bonchev–Trinajstić information content (AvgIpc) is 2.64. The van der Waals surface area contributed by atoms with Crippen LogP contribution >= 0.6 is 0 Å². The minimum absolute atomic E-state index is 0.0434. The third-order valence-electron chi connectivity index (χ3n) is 4.61. The van der Waals surface area contributed by atoms with Gasteiger partial charge in [-0.2, -0.15) is 0 Å². The highest BCUT2D eigenvalue weighted by Gasteiger charge is 2.28. The van der Waals surface area contributed by atoms with Crippen LogP contribution in [0.5, 0.6) is 0 Å². The lowest BCUT2D eigenvalue weighted by Crippen LogP contribution is -2.44.